The maximum atomic E-state index is 13.6. The van der Waals surface area contributed by atoms with Crippen LogP contribution < -0.4 is 5.32 Å². The van der Waals surface area contributed by atoms with E-state index in [2.05, 4.69) is 17.2 Å². The van der Waals surface area contributed by atoms with Crippen LogP contribution >= 0.6 is 0 Å². The largest absolute Gasteiger partial charge is 0.350 e. The minimum Gasteiger partial charge on any atom is -0.350 e. The molecular weight excluding hydrogens is 305 g/mol. The summed E-state index contributed by atoms with van der Waals surface area (Å²) in [6.45, 7) is 2.45. The fourth-order valence-corrected chi connectivity index (χ4v) is 2.75. The number of benzene rings is 2. The maximum Gasteiger partial charge on any atom is 0.240 e. The van der Waals surface area contributed by atoms with Crippen LogP contribution in [0.25, 0.3) is 11.0 Å². The third-order valence-electron chi connectivity index (χ3n) is 3.94. The van der Waals surface area contributed by atoms with Gasteiger partial charge in [0.05, 0.1) is 11.0 Å². The first-order valence-electron chi connectivity index (χ1n) is 8.13. The second-order valence-corrected chi connectivity index (χ2v) is 5.72. The third-order valence-corrected chi connectivity index (χ3v) is 3.94. The fraction of sp³-hybridized carbons (Fsp3) is 0.263. The van der Waals surface area contributed by atoms with Crippen LogP contribution in [0.4, 0.5) is 4.39 Å². The molecule has 0 aliphatic carbocycles. The summed E-state index contributed by atoms with van der Waals surface area (Å²) in [5.41, 5.74) is 2.32. The average molecular weight is 325 g/mol. The van der Waals surface area contributed by atoms with Crippen molar-refractivity contribution in [3.05, 3.63) is 65.7 Å². The first-order chi connectivity index (χ1) is 11.7. The van der Waals surface area contributed by atoms with E-state index in [9.17, 15) is 9.18 Å². The van der Waals surface area contributed by atoms with Crippen molar-refractivity contribution in [2.45, 2.75) is 32.9 Å². The monoisotopic (exact) mass is 325 g/mol. The first kappa shape index (κ1) is 16.2. The Labute approximate surface area is 140 Å². The summed E-state index contributed by atoms with van der Waals surface area (Å²) in [4.78, 5) is 16.9. The van der Waals surface area contributed by atoms with Gasteiger partial charge >= 0.3 is 0 Å². The Morgan fingerprint density at radius 2 is 1.92 bits per heavy atom. The summed E-state index contributed by atoms with van der Waals surface area (Å²) in [6.07, 6.45) is 1.77. The highest BCUT2D eigenvalue weighted by Gasteiger charge is 2.13. The number of hydrogen-bond donors (Lipinski definition) is 1. The second kappa shape index (κ2) is 7.25. The summed E-state index contributed by atoms with van der Waals surface area (Å²) >= 11 is 0. The van der Waals surface area contributed by atoms with E-state index >= 15 is 0 Å². The van der Waals surface area contributed by atoms with Crippen LogP contribution in [0.1, 0.15) is 24.7 Å². The minimum atomic E-state index is -0.308. The molecule has 124 valence electrons. The fourth-order valence-electron chi connectivity index (χ4n) is 2.75. The van der Waals surface area contributed by atoms with E-state index in [4.69, 9.17) is 0 Å². The number of nitrogens with zero attached hydrogens (tertiary/aromatic N) is 2. The van der Waals surface area contributed by atoms with Gasteiger partial charge in [-0.1, -0.05) is 37.3 Å². The van der Waals surface area contributed by atoms with Crippen LogP contribution in [0.3, 0.4) is 0 Å². The molecule has 0 saturated carbocycles. The molecule has 0 aliphatic heterocycles. The zero-order valence-electron chi connectivity index (χ0n) is 13.6. The lowest BCUT2D eigenvalue weighted by atomic mass is 10.2. The van der Waals surface area contributed by atoms with E-state index in [1.807, 2.05) is 28.8 Å². The van der Waals surface area contributed by atoms with Crippen LogP contribution in [0, 0.1) is 5.82 Å². The molecule has 0 radical (unpaired) electrons. The van der Waals surface area contributed by atoms with Gasteiger partial charge in [0.15, 0.2) is 0 Å². The van der Waals surface area contributed by atoms with Crippen LogP contribution in [0.5, 0.6) is 0 Å². The number of rotatable bonds is 6. The topological polar surface area (TPSA) is 46.9 Å². The van der Waals surface area contributed by atoms with Crippen molar-refractivity contribution in [2.75, 3.05) is 0 Å². The predicted octanol–water partition coefficient (Wildman–Crippen LogP) is 3.44. The van der Waals surface area contributed by atoms with E-state index in [0.717, 1.165) is 29.7 Å². The molecule has 0 aliphatic rings. The number of nitrogens with one attached hydrogen (secondary N) is 1. The molecule has 0 spiro atoms. The highest BCUT2D eigenvalue weighted by atomic mass is 19.1. The molecule has 1 N–H and O–H groups in total. The zero-order chi connectivity index (χ0) is 16.9. The number of carbonyl (C=O) groups is 1. The molecule has 1 aromatic heterocycles. The van der Waals surface area contributed by atoms with Crippen molar-refractivity contribution in [2.24, 2.45) is 0 Å². The lowest BCUT2D eigenvalue weighted by Crippen LogP contribution is -2.28. The van der Waals surface area contributed by atoms with Gasteiger partial charge in [-0.25, -0.2) is 9.37 Å². The molecule has 1 amide bonds. The van der Waals surface area contributed by atoms with Crippen LogP contribution in [0.2, 0.25) is 0 Å². The smallest absolute Gasteiger partial charge is 0.240 e. The molecule has 5 heteroatoms. The zero-order valence-corrected chi connectivity index (χ0v) is 13.6. The molecule has 1 heterocycles. The number of carbonyl (C=O) groups excluding carboxylic acids is 1. The van der Waals surface area contributed by atoms with Crippen LogP contribution in [-0.2, 0) is 24.3 Å². The van der Waals surface area contributed by atoms with Gasteiger partial charge in [0.1, 0.15) is 18.2 Å². The molecule has 3 rings (SSSR count). The molecule has 4 nitrogen and oxygen atoms in total. The Morgan fingerprint density at radius 1 is 1.17 bits per heavy atom. The van der Waals surface area contributed by atoms with Gasteiger partial charge in [-0.2, -0.15) is 0 Å². The van der Waals surface area contributed by atoms with Crippen molar-refractivity contribution >= 4 is 16.9 Å². The van der Waals surface area contributed by atoms with Gasteiger partial charge < -0.3 is 9.88 Å². The normalized spacial score (nSPS) is 10.9. The summed E-state index contributed by atoms with van der Waals surface area (Å²) < 4.78 is 15.6. The first-order valence-corrected chi connectivity index (χ1v) is 8.13. The van der Waals surface area contributed by atoms with Crippen LogP contribution in [-0.4, -0.2) is 15.5 Å². The van der Waals surface area contributed by atoms with Gasteiger partial charge in [-0.15, -0.1) is 0 Å². The van der Waals surface area contributed by atoms with Crippen molar-refractivity contribution in [3.8, 4) is 0 Å². The van der Waals surface area contributed by atoms with Gasteiger partial charge in [0, 0.05) is 18.5 Å². The SMILES string of the molecule is CCCc1nc2ccccc2n1CC(=O)NCc1ccccc1F. The molecular formula is C19H20FN3O. The minimum absolute atomic E-state index is 0.154. The molecule has 24 heavy (non-hydrogen) atoms. The Morgan fingerprint density at radius 3 is 2.71 bits per heavy atom. The molecule has 0 bridgehead atoms. The number of aromatic nitrogens is 2. The number of para-hydroxylation sites is 2. The van der Waals surface area contributed by atoms with E-state index < -0.39 is 0 Å². The number of aryl methyl sites for hydroxylation is 1. The molecule has 0 fully saturated rings. The van der Waals surface area contributed by atoms with E-state index in [1.54, 1.807) is 18.2 Å². The van der Waals surface area contributed by atoms with Crippen molar-refractivity contribution in [1.29, 1.82) is 0 Å². The number of amides is 1. The number of fused-ring (bicyclic) bond motifs is 1. The number of imidazole rings is 1. The molecule has 0 atom stereocenters. The third kappa shape index (κ3) is 3.45. The highest BCUT2D eigenvalue weighted by Crippen LogP contribution is 2.17. The number of hydrogen-bond acceptors (Lipinski definition) is 2. The molecule has 3 aromatic rings. The molecule has 2 aromatic carbocycles. The van der Waals surface area contributed by atoms with Crippen molar-refractivity contribution in [3.63, 3.8) is 0 Å². The van der Waals surface area contributed by atoms with Crippen LogP contribution in [0.15, 0.2) is 48.5 Å². The Hall–Kier alpha value is -2.69. The summed E-state index contributed by atoms with van der Waals surface area (Å²) in [5.74, 6) is 0.441. The lowest BCUT2D eigenvalue weighted by molar-refractivity contribution is -0.121. The highest BCUT2D eigenvalue weighted by molar-refractivity contribution is 5.81. The standard InChI is InChI=1S/C19H20FN3O/c1-2-7-18-22-16-10-5-6-11-17(16)23(18)13-19(24)21-12-14-8-3-4-9-15(14)20/h3-6,8-11H,2,7,12-13H2,1H3,(H,21,24). The number of halogens is 1. The van der Waals surface area contributed by atoms with Gasteiger partial charge in [0.25, 0.3) is 0 Å². The summed E-state index contributed by atoms with van der Waals surface area (Å²) in [7, 11) is 0. The van der Waals surface area contributed by atoms with Gasteiger partial charge in [0.2, 0.25) is 5.91 Å². The summed E-state index contributed by atoms with van der Waals surface area (Å²) in [5, 5.41) is 2.78. The second-order valence-electron chi connectivity index (χ2n) is 5.72. The predicted molar refractivity (Wildman–Crippen MR) is 92.0 cm³/mol. The molecule has 0 unspecified atom stereocenters. The lowest BCUT2D eigenvalue weighted by Gasteiger charge is -2.10. The van der Waals surface area contributed by atoms with Crippen molar-refractivity contribution in [1.82, 2.24) is 14.9 Å². The van der Waals surface area contributed by atoms with Crippen molar-refractivity contribution < 1.29 is 9.18 Å². The Kier molecular flexibility index (Phi) is 4.89. The maximum absolute atomic E-state index is 13.6. The Bertz CT molecular complexity index is 857. The van der Waals surface area contributed by atoms with E-state index in [1.165, 1.54) is 6.07 Å². The van der Waals surface area contributed by atoms with Gasteiger partial charge in [-0.05, 0) is 24.6 Å². The molecule has 0 saturated heterocycles. The van der Waals surface area contributed by atoms with E-state index in [0.29, 0.717) is 5.56 Å². The Balaban J connectivity index is 1.75. The van der Waals surface area contributed by atoms with Gasteiger partial charge in [-0.3, -0.25) is 4.79 Å². The average Bonchev–Trinajstić information content (AvgIpc) is 2.92. The quantitative estimate of drug-likeness (QED) is 0.754. The van der Waals surface area contributed by atoms with E-state index in [-0.39, 0.29) is 24.8 Å². The summed E-state index contributed by atoms with van der Waals surface area (Å²) in [6, 6.07) is 14.2.